The van der Waals surface area contributed by atoms with E-state index in [1.54, 1.807) is 12.4 Å². The molecule has 1 aromatic heterocycles. The van der Waals surface area contributed by atoms with Crippen LogP contribution in [-0.2, 0) is 32.2 Å². The maximum Gasteiger partial charge on any atom is 0.303 e. The van der Waals surface area contributed by atoms with Crippen molar-refractivity contribution in [3.63, 3.8) is 0 Å². The van der Waals surface area contributed by atoms with Crippen LogP contribution in [0.15, 0.2) is 91.3 Å². The number of aliphatic hydroxyl groups excluding tert-OH is 1. The quantitative estimate of drug-likeness (QED) is 0.118. The van der Waals surface area contributed by atoms with Crippen molar-refractivity contribution >= 4 is 17.8 Å². The third kappa shape index (κ3) is 10.7. The minimum absolute atomic E-state index is 0.00285. The number of unbranched alkanes of at least 4 members (excludes halogenated alkanes) is 3. The number of carboxylic acids is 1. The number of aliphatic carboxylic acids is 1. The van der Waals surface area contributed by atoms with E-state index >= 15 is 0 Å². The van der Waals surface area contributed by atoms with Crippen LogP contribution in [0.25, 0.3) is 11.1 Å². The van der Waals surface area contributed by atoms with Crippen LogP contribution in [0.3, 0.4) is 0 Å². The highest BCUT2D eigenvalue weighted by atomic mass is 16.7. The summed E-state index contributed by atoms with van der Waals surface area (Å²) in [6.07, 6.45) is 7.27. The number of nitrogens with one attached hydrogen (secondary N) is 1. The average Bonchev–Trinajstić information content (AvgIpc) is 3.19. The van der Waals surface area contributed by atoms with Crippen molar-refractivity contribution in [2.24, 2.45) is 0 Å². The van der Waals surface area contributed by atoms with E-state index < -0.39 is 12.3 Å². The number of nitrogens with zero attached hydrogens (tertiary/aromatic N) is 4. The second-order valence-electron chi connectivity index (χ2n) is 13.6. The summed E-state index contributed by atoms with van der Waals surface area (Å²) in [5, 5.41) is 21.3. The third-order valence-corrected chi connectivity index (χ3v) is 9.76. The zero-order valence-electron chi connectivity index (χ0n) is 29.6. The van der Waals surface area contributed by atoms with Crippen LogP contribution in [0, 0.1) is 0 Å². The summed E-state index contributed by atoms with van der Waals surface area (Å²) < 4.78 is 13.3. The first-order valence-corrected chi connectivity index (χ1v) is 18.4. The van der Waals surface area contributed by atoms with Crippen LogP contribution in [0.2, 0.25) is 0 Å². The normalized spacial score (nSPS) is 19.3. The summed E-state index contributed by atoms with van der Waals surface area (Å²) in [4.78, 5) is 36.5. The molecule has 1 amide bonds. The number of amides is 1. The van der Waals surface area contributed by atoms with Gasteiger partial charge in [0.2, 0.25) is 11.9 Å². The molecule has 6 rings (SSSR count). The molecule has 2 fully saturated rings. The number of ether oxygens (including phenoxy) is 2. The summed E-state index contributed by atoms with van der Waals surface area (Å²) in [6.45, 7) is 4.75. The standard InChI is InChI=1S/C41H49N5O6/c47-29-30-11-13-33(14-12-30)37-26-36(28-45-21-23-46(24-22-45)41-42-19-6-20-43-41)51-40(52-37)34-17-15-32(16-18-34)35-8-5-7-31(25-35)27-44-38(48)9-3-1-2-4-10-39(49)50/h5-8,11-20,25,36-37,40,47H,1-4,9-10,21-24,26-29H2,(H,44,48)(H,49,50). The van der Waals surface area contributed by atoms with Crippen molar-refractivity contribution in [1.82, 2.24) is 20.2 Å². The highest BCUT2D eigenvalue weighted by Gasteiger charge is 2.34. The second kappa shape index (κ2) is 18.7. The molecule has 3 N–H and O–H groups in total. The highest BCUT2D eigenvalue weighted by Crippen LogP contribution is 2.39. The lowest BCUT2D eigenvalue weighted by molar-refractivity contribution is -0.253. The fourth-order valence-electron chi connectivity index (χ4n) is 6.80. The number of carboxylic acid groups (broad SMARTS) is 1. The molecule has 2 saturated heterocycles. The molecule has 3 heterocycles. The lowest BCUT2D eigenvalue weighted by Crippen LogP contribution is -2.50. The number of rotatable bonds is 16. The molecule has 2 aliphatic heterocycles. The summed E-state index contributed by atoms with van der Waals surface area (Å²) in [6, 6.07) is 26.3. The molecule has 0 radical (unpaired) electrons. The molecule has 0 bridgehead atoms. The number of aromatic nitrogens is 2. The van der Waals surface area contributed by atoms with E-state index in [0.29, 0.717) is 19.4 Å². The van der Waals surface area contributed by atoms with Crippen molar-refractivity contribution in [3.8, 4) is 11.1 Å². The molecular formula is C41H49N5O6. The average molecular weight is 708 g/mol. The molecule has 3 unspecified atom stereocenters. The van der Waals surface area contributed by atoms with E-state index in [1.165, 1.54) is 0 Å². The van der Waals surface area contributed by atoms with E-state index in [1.807, 2.05) is 42.5 Å². The van der Waals surface area contributed by atoms with Gasteiger partial charge in [-0.1, -0.05) is 79.6 Å². The first-order chi connectivity index (χ1) is 25.4. The molecule has 0 saturated carbocycles. The van der Waals surface area contributed by atoms with Crippen molar-refractivity contribution in [2.75, 3.05) is 37.6 Å². The van der Waals surface area contributed by atoms with Crippen LogP contribution < -0.4 is 10.2 Å². The maximum atomic E-state index is 12.4. The molecule has 2 aliphatic rings. The lowest BCUT2D eigenvalue weighted by Gasteiger charge is -2.40. The molecular weight excluding hydrogens is 658 g/mol. The van der Waals surface area contributed by atoms with Crippen LogP contribution in [0.1, 0.15) is 79.6 Å². The maximum absolute atomic E-state index is 12.4. The van der Waals surface area contributed by atoms with E-state index in [9.17, 15) is 14.7 Å². The van der Waals surface area contributed by atoms with Crippen molar-refractivity contribution in [1.29, 1.82) is 0 Å². The highest BCUT2D eigenvalue weighted by molar-refractivity contribution is 5.76. The van der Waals surface area contributed by atoms with E-state index in [2.05, 4.69) is 61.5 Å². The fourth-order valence-corrected chi connectivity index (χ4v) is 6.80. The van der Waals surface area contributed by atoms with Crippen LogP contribution in [0.5, 0.6) is 0 Å². The number of benzene rings is 3. The van der Waals surface area contributed by atoms with Crippen molar-refractivity contribution in [3.05, 3.63) is 114 Å². The zero-order valence-corrected chi connectivity index (χ0v) is 29.6. The predicted octanol–water partition coefficient (Wildman–Crippen LogP) is 6.04. The Bertz CT molecular complexity index is 1710. The van der Waals surface area contributed by atoms with Gasteiger partial charge in [-0.25, -0.2) is 9.97 Å². The minimum atomic E-state index is -0.773. The molecule has 274 valence electrons. The summed E-state index contributed by atoms with van der Waals surface area (Å²) >= 11 is 0. The van der Waals surface area contributed by atoms with Gasteiger partial charge < -0.3 is 29.9 Å². The Balaban J connectivity index is 1.06. The van der Waals surface area contributed by atoms with Gasteiger partial charge in [0.25, 0.3) is 0 Å². The summed E-state index contributed by atoms with van der Waals surface area (Å²) in [5.74, 6) is 0.00252. The monoisotopic (exact) mass is 707 g/mol. The van der Waals surface area contributed by atoms with Gasteiger partial charge in [-0.15, -0.1) is 0 Å². The number of piperazine rings is 1. The van der Waals surface area contributed by atoms with Gasteiger partial charge in [-0.3, -0.25) is 14.5 Å². The molecule has 3 aromatic carbocycles. The van der Waals surface area contributed by atoms with E-state index in [-0.39, 0.29) is 31.1 Å². The number of hydrogen-bond acceptors (Lipinski definition) is 9. The second-order valence-corrected chi connectivity index (χ2v) is 13.6. The van der Waals surface area contributed by atoms with E-state index in [4.69, 9.17) is 14.6 Å². The number of carbonyl (C=O) groups is 2. The van der Waals surface area contributed by atoms with Crippen molar-refractivity contribution in [2.45, 2.75) is 76.6 Å². The lowest BCUT2D eigenvalue weighted by atomic mass is 9.98. The topological polar surface area (TPSA) is 137 Å². The Hall–Kier alpha value is -4.68. The molecule has 0 spiro atoms. The van der Waals surface area contributed by atoms with Gasteiger partial charge in [-0.05, 0) is 52.8 Å². The number of anilines is 1. The van der Waals surface area contributed by atoms with Gasteiger partial charge >= 0.3 is 5.97 Å². The number of carbonyl (C=O) groups excluding carboxylic acids is 1. The first-order valence-electron chi connectivity index (χ1n) is 18.4. The Labute approximate surface area is 305 Å². The van der Waals surface area contributed by atoms with Crippen LogP contribution in [-0.4, -0.2) is 75.8 Å². The third-order valence-electron chi connectivity index (χ3n) is 9.76. The Morgan fingerprint density at radius 2 is 1.48 bits per heavy atom. The number of hydrogen-bond donors (Lipinski definition) is 3. The molecule has 52 heavy (non-hydrogen) atoms. The van der Waals surface area contributed by atoms with Gasteiger partial charge in [0.1, 0.15) is 0 Å². The molecule has 11 nitrogen and oxygen atoms in total. The molecule has 4 aromatic rings. The van der Waals surface area contributed by atoms with Gasteiger partial charge in [-0.2, -0.15) is 0 Å². The number of aliphatic hydroxyl groups is 1. The molecule has 0 aliphatic carbocycles. The first kappa shape index (κ1) is 37.1. The zero-order chi connectivity index (χ0) is 36.1. The Kier molecular flexibility index (Phi) is 13.3. The van der Waals surface area contributed by atoms with Crippen LogP contribution in [0.4, 0.5) is 5.95 Å². The van der Waals surface area contributed by atoms with Crippen LogP contribution >= 0.6 is 0 Å². The largest absolute Gasteiger partial charge is 0.481 e. The molecule has 3 atom stereocenters. The molecule has 11 heteroatoms. The Morgan fingerprint density at radius 1 is 0.769 bits per heavy atom. The SMILES string of the molecule is O=C(O)CCCCCCC(=O)NCc1cccc(-c2ccc(C3OC(CN4CCN(c5ncccn5)CC4)CC(c4ccc(CO)cc4)O3)cc2)c1. The Morgan fingerprint density at radius 3 is 2.19 bits per heavy atom. The van der Waals surface area contributed by atoms with Gasteiger partial charge in [0, 0.05) is 76.5 Å². The smallest absolute Gasteiger partial charge is 0.303 e. The van der Waals surface area contributed by atoms with Gasteiger partial charge in [0.15, 0.2) is 6.29 Å². The minimum Gasteiger partial charge on any atom is -0.481 e. The summed E-state index contributed by atoms with van der Waals surface area (Å²) in [7, 11) is 0. The van der Waals surface area contributed by atoms with Gasteiger partial charge in [0.05, 0.1) is 18.8 Å². The predicted molar refractivity (Wildman–Crippen MR) is 198 cm³/mol. The summed E-state index contributed by atoms with van der Waals surface area (Å²) in [5.41, 5.74) is 6.02. The van der Waals surface area contributed by atoms with Crippen molar-refractivity contribution < 1.29 is 29.3 Å². The fraction of sp³-hybridized carbons (Fsp3) is 0.415. The van der Waals surface area contributed by atoms with E-state index in [0.717, 1.165) is 97.7 Å².